The van der Waals surface area contributed by atoms with Gasteiger partial charge in [0.15, 0.2) is 0 Å². The van der Waals surface area contributed by atoms with E-state index >= 15 is 0 Å². The molecule has 0 unspecified atom stereocenters. The molecular weight excluding hydrogens is 374 g/mol. The number of rotatable bonds is 5. The topological polar surface area (TPSA) is 99.3 Å². The quantitative estimate of drug-likeness (QED) is 0.692. The van der Waals surface area contributed by atoms with Crippen LogP contribution in [-0.4, -0.2) is 37.7 Å². The predicted molar refractivity (Wildman–Crippen MR) is 101 cm³/mol. The van der Waals surface area contributed by atoms with Crippen LogP contribution in [0.2, 0.25) is 0 Å². The maximum absolute atomic E-state index is 12.3. The third-order valence-corrected chi connectivity index (χ3v) is 7.16. The van der Waals surface area contributed by atoms with E-state index < -0.39 is 21.5 Å². The number of sulfonamides is 1. The van der Waals surface area contributed by atoms with E-state index in [1.807, 2.05) is 6.07 Å². The number of para-hydroxylation sites is 1. The Morgan fingerprint density at radius 3 is 2.65 bits per heavy atom. The minimum absolute atomic E-state index is 0.0152. The monoisotopic (exact) mass is 391 g/mol. The van der Waals surface area contributed by atoms with E-state index in [0.29, 0.717) is 10.4 Å². The number of aromatic nitrogens is 1. The van der Waals surface area contributed by atoms with E-state index in [1.54, 1.807) is 30.3 Å². The summed E-state index contributed by atoms with van der Waals surface area (Å²) in [6.45, 7) is 0.138. The number of aromatic amines is 1. The third kappa shape index (κ3) is 3.55. The van der Waals surface area contributed by atoms with Crippen molar-refractivity contribution in [1.82, 2.24) is 14.6 Å². The van der Waals surface area contributed by atoms with Crippen molar-refractivity contribution in [1.29, 1.82) is 0 Å². The van der Waals surface area contributed by atoms with Crippen LogP contribution < -0.4 is 10.9 Å². The summed E-state index contributed by atoms with van der Waals surface area (Å²) in [5.41, 5.74) is 0.204. The van der Waals surface area contributed by atoms with Crippen LogP contribution in [0.3, 0.4) is 0 Å². The molecule has 2 aromatic heterocycles. The molecule has 136 valence electrons. The zero-order valence-corrected chi connectivity index (χ0v) is 15.8. The van der Waals surface area contributed by atoms with Gasteiger partial charge in [-0.3, -0.25) is 9.59 Å². The van der Waals surface area contributed by atoms with Crippen LogP contribution in [0.25, 0.3) is 10.9 Å². The number of hydrogen-bond acceptors (Lipinski definition) is 5. The molecule has 1 aromatic carbocycles. The second-order valence-electron chi connectivity index (χ2n) is 5.79. The van der Waals surface area contributed by atoms with E-state index in [0.717, 1.165) is 21.0 Å². The SMILES string of the molecule is CN(C)S(=O)(=O)c1ccc(CNC(=O)c2cc3ccccc3[nH]c2=O)s1. The number of H-pyrrole nitrogens is 1. The molecule has 3 aromatic rings. The first-order valence-corrected chi connectivity index (χ1v) is 9.96. The van der Waals surface area contributed by atoms with Gasteiger partial charge in [-0.2, -0.15) is 0 Å². The highest BCUT2D eigenvalue weighted by Crippen LogP contribution is 2.23. The standard InChI is InChI=1S/C17H17N3O4S2/c1-20(2)26(23,24)15-8-7-12(25-15)10-18-16(21)13-9-11-5-3-4-6-14(11)19-17(13)22/h3-9H,10H2,1-2H3,(H,18,21)(H,19,22). The molecule has 0 bridgehead atoms. The van der Waals surface area contributed by atoms with Gasteiger partial charge >= 0.3 is 0 Å². The smallest absolute Gasteiger partial charge is 0.261 e. The Balaban J connectivity index is 1.77. The number of benzene rings is 1. The Hall–Kier alpha value is -2.49. The van der Waals surface area contributed by atoms with Gasteiger partial charge in [0.25, 0.3) is 21.5 Å². The summed E-state index contributed by atoms with van der Waals surface area (Å²) in [5.74, 6) is -0.512. The normalized spacial score (nSPS) is 11.8. The molecule has 0 radical (unpaired) electrons. The van der Waals surface area contributed by atoms with Crippen LogP contribution in [0, 0.1) is 0 Å². The Morgan fingerprint density at radius 2 is 1.92 bits per heavy atom. The lowest BCUT2D eigenvalue weighted by Gasteiger charge is -2.08. The van der Waals surface area contributed by atoms with Gasteiger partial charge in [-0.05, 0) is 29.7 Å². The van der Waals surface area contributed by atoms with Gasteiger partial charge in [0.1, 0.15) is 9.77 Å². The van der Waals surface area contributed by atoms with Crippen molar-refractivity contribution in [2.24, 2.45) is 0 Å². The predicted octanol–water partition coefficient (Wildman–Crippen LogP) is 1.77. The largest absolute Gasteiger partial charge is 0.347 e. The summed E-state index contributed by atoms with van der Waals surface area (Å²) in [4.78, 5) is 27.8. The minimum atomic E-state index is -3.49. The molecular formula is C17H17N3O4S2. The lowest BCUT2D eigenvalue weighted by molar-refractivity contribution is 0.0950. The number of carbonyl (C=O) groups is 1. The maximum Gasteiger partial charge on any atom is 0.261 e. The molecule has 2 N–H and O–H groups in total. The van der Waals surface area contributed by atoms with Crippen molar-refractivity contribution >= 4 is 38.2 Å². The average Bonchev–Trinajstić information content (AvgIpc) is 3.08. The number of nitrogens with zero attached hydrogens (tertiary/aromatic N) is 1. The van der Waals surface area contributed by atoms with E-state index in [-0.39, 0.29) is 16.3 Å². The van der Waals surface area contributed by atoms with E-state index in [4.69, 9.17) is 0 Å². The summed E-state index contributed by atoms with van der Waals surface area (Å²) in [6, 6.07) is 11.9. The van der Waals surface area contributed by atoms with Gasteiger partial charge in [0.05, 0.1) is 6.54 Å². The number of nitrogens with one attached hydrogen (secondary N) is 2. The summed E-state index contributed by atoms with van der Waals surface area (Å²) in [6.07, 6.45) is 0. The molecule has 0 spiro atoms. The van der Waals surface area contributed by atoms with Crippen molar-refractivity contribution < 1.29 is 13.2 Å². The average molecular weight is 391 g/mol. The Kier molecular flexibility index (Phi) is 4.94. The number of fused-ring (bicyclic) bond motifs is 1. The Bertz CT molecular complexity index is 1130. The van der Waals surface area contributed by atoms with Crippen molar-refractivity contribution in [2.75, 3.05) is 14.1 Å². The molecule has 3 rings (SSSR count). The molecule has 0 aliphatic carbocycles. The first-order valence-electron chi connectivity index (χ1n) is 7.70. The molecule has 0 aliphatic rings. The summed E-state index contributed by atoms with van der Waals surface area (Å²) in [5, 5.41) is 3.41. The zero-order valence-electron chi connectivity index (χ0n) is 14.1. The van der Waals surface area contributed by atoms with Crippen LogP contribution >= 0.6 is 11.3 Å². The Labute approximate surface area is 154 Å². The van der Waals surface area contributed by atoms with Crippen LogP contribution in [0.4, 0.5) is 0 Å². The van der Waals surface area contributed by atoms with Gasteiger partial charge in [-0.15, -0.1) is 11.3 Å². The van der Waals surface area contributed by atoms with Crippen LogP contribution in [0.15, 0.2) is 51.5 Å². The van der Waals surface area contributed by atoms with Gasteiger partial charge in [0, 0.05) is 24.5 Å². The highest BCUT2D eigenvalue weighted by atomic mass is 32.2. The zero-order chi connectivity index (χ0) is 18.9. The molecule has 7 nitrogen and oxygen atoms in total. The minimum Gasteiger partial charge on any atom is -0.347 e. The number of thiophene rings is 1. The lowest BCUT2D eigenvalue weighted by Crippen LogP contribution is -2.28. The number of hydrogen-bond donors (Lipinski definition) is 2. The molecule has 0 atom stereocenters. The van der Waals surface area contributed by atoms with E-state index in [2.05, 4.69) is 10.3 Å². The molecule has 0 aliphatic heterocycles. The maximum atomic E-state index is 12.3. The van der Waals surface area contributed by atoms with E-state index in [1.165, 1.54) is 20.2 Å². The lowest BCUT2D eigenvalue weighted by atomic mass is 10.1. The number of amides is 1. The Morgan fingerprint density at radius 1 is 1.19 bits per heavy atom. The van der Waals surface area contributed by atoms with Crippen molar-refractivity contribution in [3.05, 3.63) is 63.3 Å². The first-order chi connectivity index (χ1) is 12.3. The molecule has 2 heterocycles. The second kappa shape index (κ2) is 7.02. The van der Waals surface area contributed by atoms with E-state index in [9.17, 15) is 18.0 Å². The molecule has 0 fully saturated rings. The first kappa shape index (κ1) is 18.3. The molecule has 0 saturated carbocycles. The molecule has 1 amide bonds. The fourth-order valence-electron chi connectivity index (χ4n) is 2.35. The van der Waals surface area contributed by atoms with Crippen LogP contribution in [0.1, 0.15) is 15.2 Å². The highest BCUT2D eigenvalue weighted by Gasteiger charge is 2.20. The van der Waals surface area contributed by atoms with Crippen molar-refractivity contribution in [3.63, 3.8) is 0 Å². The van der Waals surface area contributed by atoms with Gasteiger partial charge in [-0.1, -0.05) is 18.2 Å². The van der Waals surface area contributed by atoms with Gasteiger partial charge in [-0.25, -0.2) is 12.7 Å². The second-order valence-corrected chi connectivity index (χ2v) is 9.34. The molecule has 9 heteroatoms. The van der Waals surface area contributed by atoms with Crippen LogP contribution in [-0.2, 0) is 16.6 Å². The third-order valence-electron chi connectivity index (χ3n) is 3.79. The highest BCUT2D eigenvalue weighted by molar-refractivity contribution is 7.91. The van der Waals surface area contributed by atoms with Gasteiger partial charge in [0.2, 0.25) is 0 Å². The van der Waals surface area contributed by atoms with Gasteiger partial charge < -0.3 is 10.3 Å². The molecule has 26 heavy (non-hydrogen) atoms. The van der Waals surface area contributed by atoms with Crippen molar-refractivity contribution in [3.8, 4) is 0 Å². The molecule has 0 saturated heterocycles. The summed E-state index contributed by atoms with van der Waals surface area (Å²) < 4.78 is 25.5. The number of pyridine rings is 1. The fraction of sp³-hybridized carbons (Fsp3) is 0.176. The number of carbonyl (C=O) groups excluding carboxylic acids is 1. The summed E-state index contributed by atoms with van der Waals surface area (Å²) in [7, 11) is -0.572. The van der Waals surface area contributed by atoms with Crippen LogP contribution in [0.5, 0.6) is 0 Å². The fourth-order valence-corrected chi connectivity index (χ4v) is 4.81. The van der Waals surface area contributed by atoms with Crippen molar-refractivity contribution in [2.45, 2.75) is 10.8 Å². The summed E-state index contributed by atoms with van der Waals surface area (Å²) >= 11 is 1.08.